The second-order valence-electron chi connectivity index (χ2n) is 5.00. The van der Waals surface area contributed by atoms with E-state index in [1.165, 1.54) is 0 Å². The van der Waals surface area contributed by atoms with Crippen molar-refractivity contribution in [3.05, 3.63) is 48.7 Å². The highest BCUT2D eigenvalue weighted by Gasteiger charge is 2.22. The highest BCUT2D eigenvalue weighted by molar-refractivity contribution is 9.11. The van der Waals surface area contributed by atoms with Gasteiger partial charge in [-0.05, 0) is 34.5 Å². The highest BCUT2D eigenvalue weighted by atomic mass is 79.9. The van der Waals surface area contributed by atoms with Crippen LogP contribution in [0.1, 0.15) is 23.1 Å². The number of amides is 1. The van der Waals surface area contributed by atoms with Crippen molar-refractivity contribution in [1.82, 2.24) is 14.5 Å². The normalized spacial score (nSPS) is 14.1. The minimum absolute atomic E-state index is 0.00715. The largest absolute Gasteiger partial charge is 0.337 e. The van der Waals surface area contributed by atoms with Crippen molar-refractivity contribution in [2.45, 2.75) is 26.4 Å². The Morgan fingerprint density at radius 1 is 1.48 bits per heavy atom. The van der Waals surface area contributed by atoms with Crippen LogP contribution >= 0.6 is 27.3 Å². The molecule has 110 valence electrons. The zero-order chi connectivity index (χ0) is 15.0. The molecule has 0 aromatic carbocycles. The van der Waals surface area contributed by atoms with Crippen molar-refractivity contribution in [3.8, 4) is 0 Å². The molecule has 0 unspecified atom stereocenters. The van der Waals surface area contributed by atoms with Crippen molar-refractivity contribution >= 4 is 33.2 Å². The molecule has 1 aliphatic heterocycles. The standard InChI is InChI=1S/C14H14BrN3O2S/c1-9(19)17-5-4-11-12(7-17)16-8-18(14(11)20)6-10-2-3-13(15)21-10/h2-3,8H,4-7H2,1H3. The molecule has 0 bridgehead atoms. The van der Waals surface area contributed by atoms with Crippen LogP contribution in [0.2, 0.25) is 0 Å². The molecule has 0 N–H and O–H groups in total. The maximum Gasteiger partial charge on any atom is 0.257 e. The average molecular weight is 368 g/mol. The molecular formula is C14H14BrN3O2S. The fraction of sp³-hybridized carbons (Fsp3) is 0.357. The first-order valence-corrected chi connectivity index (χ1v) is 8.22. The lowest BCUT2D eigenvalue weighted by atomic mass is 10.1. The van der Waals surface area contributed by atoms with Gasteiger partial charge >= 0.3 is 0 Å². The Kier molecular flexibility index (Phi) is 3.95. The number of rotatable bonds is 2. The molecule has 0 aliphatic carbocycles. The smallest absolute Gasteiger partial charge is 0.257 e. The van der Waals surface area contributed by atoms with Crippen LogP contribution in [-0.2, 0) is 24.3 Å². The van der Waals surface area contributed by atoms with E-state index in [-0.39, 0.29) is 11.5 Å². The van der Waals surface area contributed by atoms with Crippen molar-refractivity contribution in [2.24, 2.45) is 0 Å². The Morgan fingerprint density at radius 3 is 2.95 bits per heavy atom. The van der Waals surface area contributed by atoms with Gasteiger partial charge in [-0.25, -0.2) is 4.98 Å². The van der Waals surface area contributed by atoms with Crippen LogP contribution in [0.15, 0.2) is 27.0 Å². The molecule has 0 fully saturated rings. The molecule has 0 atom stereocenters. The number of hydrogen-bond donors (Lipinski definition) is 0. The second kappa shape index (κ2) is 5.73. The summed E-state index contributed by atoms with van der Waals surface area (Å²) in [7, 11) is 0. The summed E-state index contributed by atoms with van der Waals surface area (Å²) in [5.74, 6) is 0.0232. The third kappa shape index (κ3) is 2.94. The van der Waals surface area contributed by atoms with Gasteiger partial charge < -0.3 is 4.90 Å². The van der Waals surface area contributed by atoms with E-state index in [0.717, 1.165) is 19.9 Å². The molecule has 0 saturated carbocycles. The molecule has 0 saturated heterocycles. The monoisotopic (exact) mass is 367 g/mol. The molecule has 0 radical (unpaired) electrons. The van der Waals surface area contributed by atoms with Gasteiger partial charge in [0, 0.05) is 23.9 Å². The predicted octanol–water partition coefficient (Wildman–Crippen LogP) is 2.02. The van der Waals surface area contributed by atoms with Crippen molar-refractivity contribution in [3.63, 3.8) is 0 Å². The van der Waals surface area contributed by atoms with Crippen molar-refractivity contribution < 1.29 is 4.79 Å². The summed E-state index contributed by atoms with van der Waals surface area (Å²) in [6, 6.07) is 3.97. The molecule has 3 heterocycles. The number of aromatic nitrogens is 2. The molecule has 7 heteroatoms. The van der Waals surface area contributed by atoms with Crippen LogP contribution in [-0.4, -0.2) is 26.9 Å². The lowest BCUT2D eigenvalue weighted by molar-refractivity contribution is -0.129. The zero-order valence-corrected chi connectivity index (χ0v) is 13.9. The van der Waals surface area contributed by atoms with Gasteiger partial charge in [0.2, 0.25) is 5.91 Å². The van der Waals surface area contributed by atoms with Crippen LogP contribution in [0.4, 0.5) is 0 Å². The molecule has 2 aromatic rings. The first kappa shape index (κ1) is 14.5. The minimum atomic E-state index is 0.00715. The Balaban J connectivity index is 1.89. The number of halogens is 1. The number of hydrogen-bond acceptors (Lipinski definition) is 4. The van der Waals surface area contributed by atoms with Gasteiger partial charge in [-0.15, -0.1) is 11.3 Å². The summed E-state index contributed by atoms with van der Waals surface area (Å²) in [6.07, 6.45) is 2.16. The van der Waals surface area contributed by atoms with Crippen molar-refractivity contribution in [2.75, 3.05) is 6.54 Å². The maximum absolute atomic E-state index is 12.5. The number of nitrogens with zero attached hydrogens (tertiary/aromatic N) is 3. The van der Waals surface area contributed by atoms with Crippen LogP contribution in [0, 0.1) is 0 Å². The molecule has 1 aliphatic rings. The van der Waals surface area contributed by atoms with E-state index in [4.69, 9.17) is 0 Å². The summed E-state index contributed by atoms with van der Waals surface area (Å²) < 4.78 is 2.69. The fourth-order valence-electron chi connectivity index (χ4n) is 2.45. The van der Waals surface area contributed by atoms with Gasteiger partial charge in [-0.3, -0.25) is 14.2 Å². The number of carbonyl (C=O) groups is 1. The van der Waals surface area contributed by atoms with Crippen LogP contribution < -0.4 is 5.56 Å². The Bertz CT molecular complexity index is 753. The average Bonchev–Trinajstić information content (AvgIpc) is 2.87. The van der Waals surface area contributed by atoms with Gasteiger partial charge in [0.15, 0.2) is 0 Å². The minimum Gasteiger partial charge on any atom is -0.337 e. The van der Waals surface area contributed by atoms with Crippen LogP contribution in [0.3, 0.4) is 0 Å². The van der Waals surface area contributed by atoms with E-state index in [2.05, 4.69) is 20.9 Å². The highest BCUT2D eigenvalue weighted by Crippen LogP contribution is 2.22. The third-order valence-corrected chi connectivity index (χ3v) is 5.20. The Morgan fingerprint density at radius 2 is 2.29 bits per heavy atom. The van der Waals surface area contributed by atoms with Gasteiger partial charge in [-0.2, -0.15) is 0 Å². The second-order valence-corrected chi connectivity index (χ2v) is 7.55. The predicted molar refractivity (Wildman–Crippen MR) is 84.4 cm³/mol. The quantitative estimate of drug-likeness (QED) is 0.815. The number of thiophene rings is 1. The SMILES string of the molecule is CC(=O)N1CCc2c(ncn(Cc3ccc(Br)s3)c2=O)C1. The Labute approximate surface area is 134 Å². The summed E-state index contributed by atoms with van der Waals surface area (Å²) in [5.41, 5.74) is 1.48. The van der Waals surface area contributed by atoms with Gasteiger partial charge in [0.1, 0.15) is 0 Å². The zero-order valence-electron chi connectivity index (χ0n) is 11.5. The first-order chi connectivity index (χ1) is 10.0. The molecule has 1 amide bonds. The van der Waals surface area contributed by atoms with E-state index in [9.17, 15) is 9.59 Å². The van der Waals surface area contributed by atoms with E-state index in [0.29, 0.717) is 26.1 Å². The third-order valence-electron chi connectivity index (χ3n) is 3.59. The van der Waals surface area contributed by atoms with Gasteiger partial charge in [-0.1, -0.05) is 0 Å². The topological polar surface area (TPSA) is 55.2 Å². The lowest BCUT2D eigenvalue weighted by Crippen LogP contribution is -2.39. The molecular weight excluding hydrogens is 354 g/mol. The van der Waals surface area contributed by atoms with Gasteiger partial charge in [0.25, 0.3) is 5.56 Å². The number of fused-ring (bicyclic) bond motifs is 1. The summed E-state index contributed by atoms with van der Waals surface area (Å²) in [5, 5.41) is 0. The maximum atomic E-state index is 12.5. The molecule has 2 aromatic heterocycles. The molecule has 5 nitrogen and oxygen atoms in total. The number of carbonyl (C=O) groups excluding carboxylic acids is 1. The lowest BCUT2D eigenvalue weighted by Gasteiger charge is -2.26. The van der Waals surface area contributed by atoms with Gasteiger partial charge in [0.05, 0.1) is 28.9 Å². The van der Waals surface area contributed by atoms with E-state index >= 15 is 0 Å². The Hall–Kier alpha value is -1.47. The molecule has 3 rings (SSSR count). The molecule has 0 spiro atoms. The van der Waals surface area contributed by atoms with Crippen molar-refractivity contribution in [1.29, 1.82) is 0 Å². The summed E-state index contributed by atoms with van der Waals surface area (Å²) >= 11 is 5.03. The van der Waals surface area contributed by atoms with Crippen LogP contribution in [0.5, 0.6) is 0 Å². The van der Waals surface area contributed by atoms with E-state index in [1.807, 2.05) is 12.1 Å². The summed E-state index contributed by atoms with van der Waals surface area (Å²) in [6.45, 7) is 3.10. The molecule has 21 heavy (non-hydrogen) atoms. The van der Waals surface area contributed by atoms with Crippen LogP contribution in [0.25, 0.3) is 0 Å². The first-order valence-electron chi connectivity index (χ1n) is 6.61. The summed E-state index contributed by atoms with van der Waals surface area (Å²) in [4.78, 5) is 31.1. The van der Waals surface area contributed by atoms with E-state index < -0.39 is 0 Å². The fourth-order valence-corrected chi connectivity index (χ4v) is 3.93. The van der Waals surface area contributed by atoms with E-state index in [1.54, 1.807) is 34.1 Å².